The first-order chi connectivity index (χ1) is 13.7. The Balaban J connectivity index is 1.34. The largest absolute Gasteiger partial charge is 0.423 e. The van der Waals surface area contributed by atoms with Crippen LogP contribution < -0.4 is 10.2 Å². The minimum atomic E-state index is -0.0267. The zero-order valence-electron chi connectivity index (χ0n) is 16.2. The predicted octanol–water partition coefficient (Wildman–Crippen LogP) is 4.44. The molecule has 0 bridgehead atoms. The van der Waals surface area contributed by atoms with Gasteiger partial charge in [0.2, 0.25) is 11.0 Å². The van der Waals surface area contributed by atoms with Gasteiger partial charge in [-0.15, -0.1) is 10.2 Å². The van der Waals surface area contributed by atoms with Crippen molar-refractivity contribution < 1.29 is 9.21 Å². The number of carbonyl (C=O) groups is 1. The fourth-order valence-corrected chi connectivity index (χ4v) is 4.64. The number of hydrogen-bond donors (Lipinski definition) is 1. The van der Waals surface area contributed by atoms with Gasteiger partial charge in [0.25, 0.3) is 6.01 Å². The summed E-state index contributed by atoms with van der Waals surface area (Å²) in [6, 6.07) is 8.40. The molecule has 1 aliphatic rings. The molecular formula is C20H25N5O2S. The number of hydrogen-bond acceptors (Lipinski definition) is 7. The maximum atomic E-state index is 12.6. The number of benzene rings is 1. The highest BCUT2D eigenvalue weighted by Gasteiger charge is 2.28. The van der Waals surface area contributed by atoms with Crippen LogP contribution in [0.25, 0.3) is 11.1 Å². The minimum Gasteiger partial charge on any atom is -0.423 e. The van der Waals surface area contributed by atoms with Crippen molar-refractivity contribution >= 4 is 39.5 Å². The summed E-state index contributed by atoms with van der Waals surface area (Å²) >= 11 is 1.49. The van der Waals surface area contributed by atoms with Gasteiger partial charge in [-0.05, 0) is 37.8 Å². The number of oxazole rings is 1. The van der Waals surface area contributed by atoms with E-state index in [4.69, 9.17) is 4.42 Å². The van der Waals surface area contributed by atoms with Crippen LogP contribution in [0.5, 0.6) is 0 Å². The van der Waals surface area contributed by atoms with Crippen molar-refractivity contribution in [2.45, 2.75) is 45.4 Å². The van der Waals surface area contributed by atoms with E-state index in [9.17, 15) is 4.79 Å². The fourth-order valence-electron chi connectivity index (χ4n) is 3.62. The highest BCUT2D eigenvalue weighted by atomic mass is 32.1. The SMILES string of the molecule is CCC(CC)c1nnc(NC(=O)C2CCN(c3nc4ccccc4o3)CC2)s1. The maximum absolute atomic E-state index is 12.6. The van der Waals surface area contributed by atoms with Crippen LogP contribution in [0.4, 0.5) is 11.1 Å². The number of fused-ring (bicyclic) bond motifs is 1. The van der Waals surface area contributed by atoms with E-state index in [2.05, 4.69) is 39.2 Å². The number of aromatic nitrogens is 3. The Kier molecular flexibility index (Phi) is 5.57. The quantitative estimate of drug-likeness (QED) is 0.660. The molecule has 7 nitrogen and oxygen atoms in total. The normalized spacial score (nSPS) is 15.5. The van der Waals surface area contributed by atoms with Gasteiger partial charge in [0, 0.05) is 24.9 Å². The Bertz CT molecular complexity index is 908. The minimum absolute atomic E-state index is 0.0267. The van der Waals surface area contributed by atoms with Crippen LogP contribution in [0.1, 0.15) is 50.5 Å². The van der Waals surface area contributed by atoms with Crippen molar-refractivity contribution in [3.63, 3.8) is 0 Å². The lowest BCUT2D eigenvalue weighted by Crippen LogP contribution is -2.38. The molecule has 0 saturated carbocycles. The van der Waals surface area contributed by atoms with Gasteiger partial charge in [-0.1, -0.05) is 37.3 Å². The molecule has 1 saturated heterocycles. The Morgan fingerprint density at radius 3 is 2.71 bits per heavy atom. The van der Waals surface area contributed by atoms with Gasteiger partial charge in [0.1, 0.15) is 10.5 Å². The first kappa shape index (κ1) is 18.9. The molecule has 0 aliphatic carbocycles. The molecule has 0 atom stereocenters. The van der Waals surface area contributed by atoms with Gasteiger partial charge in [-0.3, -0.25) is 4.79 Å². The Hall–Kier alpha value is -2.48. The van der Waals surface area contributed by atoms with Crippen molar-refractivity contribution in [3.05, 3.63) is 29.3 Å². The topological polar surface area (TPSA) is 84.2 Å². The number of anilines is 2. The summed E-state index contributed by atoms with van der Waals surface area (Å²) in [4.78, 5) is 19.3. The summed E-state index contributed by atoms with van der Waals surface area (Å²) in [5, 5.41) is 13.0. The van der Waals surface area contributed by atoms with Crippen LogP contribution in [0.2, 0.25) is 0 Å². The monoisotopic (exact) mass is 399 g/mol. The molecule has 8 heteroatoms. The molecule has 1 N–H and O–H groups in total. The molecule has 3 aromatic rings. The van der Waals surface area contributed by atoms with Gasteiger partial charge >= 0.3 is 0 Å². The smallest absolute Gasteiger partial charge is 0.298 e. The lowest BCUT2D eigenvalue weighted by atomic mass is 9.96. The molecule has 0 spiro atoms. The van der Waals surface area contributed by atoms with E-state index in [1.807, 2.05) is 24.3 Å². The van der Waals surface area contributed by atoms with E-state index in [1.165, 1.54) is 11.3 Å². The molecule has 2 aromatic heterocycles. The average Bonchev–Trinajstić information content (AvgIpc) is 3.36. The summed E-state index contributed by atoms with van der Waals surface area (Å²) in [5.74, 6) is 0.424. The van der Waals surface area contributed by atoms with Crippen LogP contribution in [0, 0.1) is 5.92 Å². The summed E-state index contributed by atoms with van der Waals surface area (Å²) in [6.07, 6.45) is 3.60. The molecule has 0 unspecified atom stereocenters. The molecule has 1 aromatic carbocycles. The highest BCUT2D eigenvalue weighted by Crippen LogP contribution is 2.30. The first-order valence-corrected chi connectivity index (χ1v) is 10.7. The van der Waals surface area contributed by atoms with Crippen molar-refractivity contribution in [1.82, 2.24) is 15.2 Å². The van der Waals surface area contributed by atoms with Crippen molar-refractivity contribution in [1.29, 1.82) is 0 Å². The summed E-state index contributed by atoms with van der Waals surface area (Å²) in [6.45, 7) is 5.80. The highest BCUT2D eigenvalue weighted by molar-refractivity contribution is 7.15. The van der Waals surface area contributed by atoms with E-state index >= 15 is 0 Å². The molecule has 3 heterocycles. The van der Waals surface area contributed by atoms with Gasteiger partial charge in [-0.2, -0.15) is 4.98 Å². The first-order valence-electron chi connectivity index (χ1n) is 9.92. The number of nitrogens with one attached hydrogen (secondary N) is 1. The van der Waals surface area contributed by atoms with Crippen LogP contribution in [-0.2, 0) is 4.79 Å². The van der Waals surface area contributed by atoms with Crippen LogP contribution in [-0.4, -0.2) is 34.2 Å². The van der Waals surface area contributed by atoms with Crippen LogP contribution >= 0.6 is 11.3 Å². The van der Waals surface area contributed by atoms with Crippen molar-refractivity contribution in [3.8, 4) is 0 Å². The molecule has 1 fully saturated rings. The molecular weight excluding hydrogens is 374 g/mol. The molecule has 1 amide bonds. The van der Waals surface area contributed by atoms with Crippen LogP contribution in [0.15, 0.2) is 28.7 Å². The van der Waals surface area contributed by atoms with Crippen molar-refractivity contribution in [2.24, 2.45) is 5.92 Å². The number of amides is 1. The molecule has 148 valence electrons. The van der Waals surface area contributed by atoms with Gasteiger partial charge in [0.15, 0.2) is 5.58 Å². The fraction of sp³-hybridized carbons (Fsp3) is 0.500. The zero-order valence-corrected chi connectivity index (χ0v) is 17.0. The van der Waals surface area contributed by atoms with E-state index in [-0.39, 0.29) is 11.8 Å². The zero-order chi connectivity index (χ0) is 19.5. The van der Waals surface area contributed by atoms with Crippen LogP contribution in [0.3, 0.4) is 0 Å². The Morgan fingerprint density at radius 1 is 1.25 bits per heavy atom. The second-order valence-corrected chi connectivity index (χ2v) is 8.18. The standard InChI is InChI=1S/C20H25N5O2S/c1-3-13(4-2)18-23-24-19(28-18)22-17(26)14-9-11-25(12-10-14)20-21-15-7-5-6-8-16(15)27-20/h5-8,13-14H,3-4,9-12H2,1-2H3,(H,22,24,26). The number of rotatable bonds is 6. The van der Waals surface area contributed by atoms with Crippen molar-refractivity contribution in [2.75, 3.05) is 23.3 Å². The van der Waals surface area contributed by atoms with E-state index in [1.54, 1.807) is 0 Å². The third kappa shape index (κ3) is 3.87. The van der Waals surface area contributed by atoms with E-state index in [0.29, 0.717) is 17.1 Å². The van der Waals surface area contributed by atoms with E-state index < -0.39 is 0 Å². The summed E-state index contributed by atoms with van der Waals surface area (Å²) in [5.41, 5.74) is 1.66. The Morgan fingerprint density at radius 2 is 2.00 bits per heavy atom. The van der Waals surface area contributed by atoms with E-state index in [0.717, 1.165) is 54.9 Å². The number of nitrogens with zero attached hydrogens (tertiary/aromatic N) is 4. The summed E-state index contributed by atoms with van der Waals surface area (Å²) in [7, 11) is 0. The van der Waals surface area contributed by atoms with Gasteiger partial charge in [0.05, 0.1) is 0 Å². The third-order valence-electron chi connectivity index (χ3n) is 5.42. The maximum Gasteiger partial charge on any atom is 0.298 e. The second kappa shape index (κ2) is 8.26. The molecule has 4 rings (SSSR count). The molecule has 0 radical (unpaired) electrons. The predicted molar refractivity (Wildman–Crippen MR) is 111 cm³/mol. The van der Waals surface area contributed by atoms with Gasteiger partial charge < -0.3 is 14.6 Å². The number of carbonyl (C=O) groups excluding carboxylic acids is 1. The average molecular weight is 400 g/mol. The van der Waals surface area contributed by atoms with Gasteiger partial charge in [-0.25, -0.2) is 0 Å². The summed E-state index contributed by atoms with van der Waals surface area (Å²) < 4.78 is 5.84. The molecule has 1 aliphatic heterocycles. The number of piperidine rings is 1. The lowest BCUT2D eigenvalue weighted by molar-refractivity contribution is -0.120. The second-order valence-electron chi connectivity index (χ2n) is 7.17. The number of para-hydroxylation sites is 2. The Labute approximate surface area is 168 Å². The molecule has 28 heavy (non-hydrogen) atoms. The third-order valence-corrected chi connectivity index (χ3v) is 6.43. The lowest BCUT2D eigenvalue weighted by Gasteiger charge is -2.29.